The van der Waals surface area contributed by atoms with Crippen LogP contribution in [0.5, 0.6) is 0 Å². The molecular formula is C14H29N3O2. The number of hydrogen-bond acceptors (Lipinski definition) is 4. The van der Waals surface area contributed by atoms with E-state index in [1.807, 2.05) is 20.8 Å². The number of carbonyl (C=O) groups excluding carboxylic acids is 1. The minimum absolute atomic E-state index is 0.0477. The molecule has 2 N–H and O–H groups in total. The summed E-state index contributed by atoms with van der Waals surface area (Å²) >= 11 is 0. The summed E-state index contributed by atoms with van der Waals surface area (Å²) in [7, 11) is 0. The highest BCUT2D eigenvalue weighted by Crippen LogP contribution is 2.08. The van der Waals surface area contributed by atoms with E-state index in [9.17, 15) is 4.79 Å². The molecule has 1 rings (SSSR count). The standard InChI is InChI=1S/C14H29N3O2/c1-10(2)16-14(18)12(5)15-8-13-9-17(11(3)4)6-7-19-13/h10-13,15H,6-9H2,1-5H3,(H,16,18). The monoisotopic (exact) mass is 271 g/mol. The van der Waals surface area contributed by atoms with E-state index >= 15 is 0 Å². The lowest BCUT2D eigenvalue weighted by Crippen LogP contribution is -2.52. The van der Waals surface area contributed by atoms with Crippen LogP contribution in [0.15, 0.2) is 0 Å². The highest BCUT2D eigenvalue weighted by molar-refractivity contribution is 5.81. The fourth-order valence-corrected chi connectivity index (χ4v) is 2.15. The quantitative estimate of drug-likeness (QED) is 0.743. The lowest BCUT2D eigenvalue weighted by molar-refractivity contribution is -0.123. The van der Waals surface area contributed by atoms with Crippen LogP contribution in [0, 0.1) is 0 Å². The summed E-state index contributed by atoms with van der Waals surface area (Å²) < 4.78 is 5.73. The van der Waals surface area contributed by atoms with Gasteiger partial charge in [-0.2, -0.15) is 0 Å². The fourth-order valence-electron chi connectivity index (χ4n) is 2.15. The molecule has 0 aromatic heterocycles. The Kier molecular flexibility index (Phi) is 6.75. The molecule has 1 aliphatic heterocycles. The van der Waals surface area contributed by atoms with E-state index in [1.165, 1.54) is 0 Å². The first-order valence-electron chi connectivity index (χ1n) is 7.29. The number of rotatable bonds is 6. The normalized spacial score (nSPS) is 22.8. The molecule has 0 aromatic carbocycles. The predicted molar refractivity (Wildman–Crippen MR) is 77.2 cm³/mol. The second-order valence-electron chi connectivity index (χ2n) is 5.87. The Morgan fingerprint density at radius 3 is 2.58 bits per heavy atom. The Morgan fingerprint density at radius 2 is 2.00 bits per heavy atom. The largest absolute Gasteiger partial charge is 0.374 e. The average molecular weight is 271 g/mol. The van der Waals surface area contributed by atoms with Crippen LogP contribution < -0.4 is 10.6 Å². The van der Waals surface area contributed by atoms with Gasteiger partial charge in [0, 0.05) is 31.7 Å². The smallest absolute Gasteiger partial charge is 0.237 e. The summed E-state index contributed by atoms with van der Waals surface area (Å²) in [5.41, 5.74) is 0. The molecule has 2 unspecified atom stereocenters. The predicted octanol–water partition coefficient (Wildman–Crippen LogP) is 0.598. The Labute approximate surface area is 117 Å². The van der Waals surface area contributed by atoms with Gasteiger partial charge in [-0.3, -0.25) is 9.69 Å². The van der Waals surface area contributed by atoms with Crippen molar-refractivity contribution in [2.75, 3.05) is 26.2 Å². The van der Waals surface area contributed by atoms with Crippen LogP contribution >= 0.6 is 0 Å². The maximum atomic E-state index is 11.8. The van der Waals surface area contributed by atoms with Gasteiger partial charge < -0.3 is 15.4 Å². The van der Waals surface area contributed by atoms with E-state index in [-0.39, 0.29) is 24.1 Å². The molecule has 19 heavy (non-hydrogen) atoms. The van der Waals surface area contributed by atoms with E-state index in [2.05, 4.69) is 29.4 Å². The molecule has 5 heteroatoms. The van der Waals surface area contributed by atoms with Gasteiger partial charge in [0.2, 0.25) is 5.91 Å². The van der Waals surface area contributed by atoms with Crippen molar-refractivity contribution in [1.82, 2.24) is 15.5 Å². The van der Waals surface area contributed by atoms with Crippen molar-refractivity contribution in [2.24, 2.45) is 0 Å². The van der Waals surface area contributed by atoms with Gasteiger partial charge in [-0.15, -0.1) is 0 Å². The highest BCUT2D eigenvalue weighted by atomic mass is 16.5. The number of carbonyl (C=O) groups is 1. The molecule has 0 bridgehead atoms. The lowest BCUT2D eigenvalue weighted by Gasteiger charge is -2.36. The van der Waals surface area contributed by atoms with E-state index < -0.39 is 0 Å². The Hall–Kier alpha value is -0.650. The molecule has 0 saturated carbocycles. The van der Waals surface area contributed by atoms with Crippen LogP contribution in [0.2, 0.25) is 0 Å². The first kappa shape index (κ1) is 16.4. The van der Waals surface area contributed by atoms with Crippen LogP contribution in [0.25, 0.3) is 0 Å². The maximum absolute atomic E-state index is 11.8. The first-order valence-corrected chi connectivity index (χ1v) is 7.29. The number of hydrogen-bond donors (Lipinski definition) is 2. The second kappa shape index (κ2) is 7.82. The van der Waals surface area contributed by atoms with Crippen LogP contribution in [-0.2, 0) is 9.53 Å². The molecule has 1 saturated heterocycles. The van der Waals surface area contributed by atoms with Crippen molar-refractivity contribution in [3.63, 3.8) is 0 Å². The number of ether oxygens (including phenoxy) is 1. The number of nitrogens with one attached hydrogen (secondary N) is 2. The summed E-state index contributed by atoms with van der Waals surface area (Å²) in [6, 6.07) is 0.549. The molecule has 0 radical (unpaired) electrons. The molecule has 1 amide bonds. The SMILES string of the molecule is CC(C)NC(=O)C(C)NCC1CN(C(C)C)CCO1. The maximum Gasteiger partial charge on any atom is 0.237 e. The van der Waals surface area contributed by atoms with Gasteiger partial charge in [0.15, 0.2) is 0 Å². The zero-order valence-electron chi connectivity index (χ0n) is 12.9. The van der Waals surface area contributed by atoms with Gasteiger partial charge in [-0.1, -0.05) is 0 Å². The third-order valence-corrected chi connectivity index (χ3v) is 3.38. The van der Waals surface area contributed by atoms with Crippen LogP contribution in [0.4, 0.5) is 0 Å². The number of morpholine rings is 1. The first-order chi connectivity index (χ1) is 8.90. The Balaban J connectivity index is 2.29. The Morgan fingerprint density at radius 1 is 1.32 bits per heavy atom. The zero-order chi connectivity index (χ0) is 14.4. The topological polar surface area (TPSA) is 53.6 Å². The van der Waals surface area contributed by atoms with E-state index in [0.717, 1.165) is 26.2 Å². The molecule has 0 aromatic rings. The van der Waals surface area contributed by atoms with Gasteiger partial charge in [-0.05, 0) is 34.6 Å². The van der Waals surface area contributed by atoms with E-state index in [1.54, 1.807) is 0 Å². The van der Waals surface area contributed by atoms with Crippen molar-refractivity contribution in [2.45, 2.75) is 58.8 Å². The summed E-state index contributed by atoms with van der Waals surface area (Å²) in [4.78, 5) is 14.2. The fraction of sp³-hybridized carbons (Fsp3) is 0.929. The lowest BCUT2D eigenvalue weighted by atomic mass is 10.2. The van der Waals surface area contributed by atoms with E-state index in [4.69, 9.17) is 4.74 Å². The van der Waals surface area contributed by atoms with Crippen molar-refractivity contribution in [1.29, 1.82) is 0 Å². The number of nitrogens with zero attached hydrogens (tertiary/aromatic N) is 1. The van der Waals surface area contributed by atoms with Gasteiger partial charge in [0.1, 0.15) is 0 Å². The molecule has 1 aliphatic rings. The molecule has 1 fully saturated rings. The van der Waals surface area contributed by atoms with Crippen LogP contribution in [-0.4, -0.2) is 61.3 Å². The zero-order valence-corrected chi connectivity index (χ0v) is 12.9. The minimum Gasteiger partial charge on any atom is -0.374 e. The van der Waals surface area contributed by atoms with Crippen molar-refractivity contribution >= 4 is 5.91 Å². The van der Waals surface area contributed by atoms with Gasteiger partial charge >= 0.3 is 0 Å². The van der Waals surface area contributed by atoms with Gasteiger partial charge in [0.25, 0.3) is 0 Å². The molecule has 5 nitrogen and oxygen atoms in total. The molecule has 0 aliphatic carbocycles. The Bertz CT molecular complexity index is 282. The highest BCUT2D eigenvalue weighted by Gasteiger charge is 2.23. The molecular weight excluding hydrogens is 242 g/mol. The minimum atomic E-state index is -0.180. The number of amides is 1. The van der Waals surface area contributed by atoms with Gasteiger partial charge in [0.05, 0.1) is 18.8 Å². The molecule has 0 spiro atoms. The summed E-state index contributed by atoms with van der Waals surface area (Å²) in [5, 5.41) is 6.16. The van der Waals surface area contributed by atoms with Crippen molar-refractivity contribution < 1.29 is 9.53 Å². The molecule has 1 heterocycles. The third kappa shape index (κ3) is 5.89. The second-order valence-corrected chi connectivity index (χ2v) is 5.87. The van der Waals surface area contributed by atoms with Gasteiger partial charge in [-0.25, -0.2) is 0 Å². The van der Waals surface area contributed by atoms with Crippen molar-refractivity contribution in [3.8, 4) is 0 Å². The summed E-state index contributed by atoms with van der Waals surface area (Å²) in [6.45, 7) is 13.7. The van der Waals surface area contributed by atoms with Crippen molar-refractivity contribution in [3.05, 3.63) is 0 Å². The van der Waals surface area contributed by atoms with E-state index in [0.29, 0.717) is 6.04 Å². The summed E-state index contributed by atoms with van der Waals surface area (Å²) in [6.07, 6.45) is 0.172. The summed E-state index contributed by atoms with van der Waals surface area (Å²) in [5.74, 6) is 0.0477. The molecule has 2 atom stereocenters. The average Bonchev–Trinajstić information content (AvgIpc) is 2.35. The van der Waals surface area contributed by atoms with Crippen LogP contribution in [0.3, 0.4) is 0 Å². The molecule has 112 valence electrons. The third-order valence-electron chi connectivity index (χ3n) is 3.38. The van der Waals surface area contributed by atoms with Crippen LogP contribution in [0.1, 0.15) is 34.6 Å².